The van der Waals surface area contributed by atoms with Gasteiger partial charge in [-0.2, -0.15) is 5.10 Å². The van der Waals surface area contributed by atoms with Gasteiger partial charge in [-0.25, -0.2) is 19.0 Å². The number of hydrogen-bond acceptors (Lipinski definition) is 7. The lowest BCUT2D eigenvalue weighted by molar-refractivity contribution is 0.252. The average Bonchev–Trinajstić information content (AvgIpc) is 3.21. The highest BCUT2D eigenvalue weighted by Gasteiger charge is 2.27. The van der Waals surface area contributed by atoms with Gasteiger partial charge in [-0.3, -0.25) is 4.21 Å². The van der Waals surface area contributed by atoms with Crippen LogP contribution >= 0.6 is 0 Å². The van der Waals surface area contributed by atoms with E-state index >= 15 is 0 Å². The fourth-order valence-electron chi connectivity index (χ4n) is 4.01. The Morgan fingerprint density at radius 2 is 1.81 bits per heavy atom. The van der Waals surface area contributed by atoms with Gasteiger partial charge < -0.3 is 15.0 Å². The lowest BCUT2D eigenvalue weighted by Gasteiger charge is -2.33. The molecule has 4 aromatic rings. The predicted octanol–water partition coefficient (Wildman–Crippen LogP) is 3.30. The SMILES string of the molecule is Nc1ncnc2c1c(-c1ccc(Oc3ccccc3)cc1)nn2C1CCCN(S(=O)[O-])C1. The molecule has 32 heavy (non-hydrogen) atoms. The first kappa shape index (κ1) is 20.6. The van der Waals surface area contributed by atoms with Crippen molar-refractivity contribution in [3.05, 3.63) is 60.9 Å². The number of aromatic nitrogens is 4. The number of nitrogens with two attached hydrogens (primary N) is 1. The van der Waals surface area contributed by atoms with E-state index in [1.54, 1.807) is 4.68 Å². The molecular weight excluding hydrogens is 428 g/mol. The van der Waals surface area contributed by atoms with Crippen LogP contribution in [0, 0.1) is 0 Å². The summed E-state index contributed by atoms with van der Waals surface area (Å²) in [4.78, 5) is 8.57. The Bertz CT molecular complexity index is 1260. The van der Waals surface area contributed by atoms with Crippen LogP contribution in [-0.2, 0) is 11.3 Å². The van der Waals surface area contributed by atoms with Gasteiger partial charge in [0.05, 0.1) is 11.4 Å². The number of anilines is 1. The number of rotatable bonds is 5. The van der Waals surface area contributed by atoms with Crippen molar-refractivity contribution in [3.63, 3.8) is 0 Å². The fourth-order valence-corrected chi connectivity index (χ4v) is 4.59. The molecule has 3 heterocycles. The molecule has 0 spiro atoms. The van der Waals surface area contributed by atoms with Crippen molar-refractivity contribution in [2.45, 2.75) is 18.9 Å². The smallest absolute Gasteiger partial charge is 0.164 e. The van der Waals surface area contributed by atoms with E-state index in [-0.39, 0.29) is 6.04 Å². The van der Waals surface area contributed by atoms with Gasteiger partial charge in [0.1, 0.15) is 29.3 Å². The second kappa shape index (κ2) is 8.65. The van der Waals surface area contributed by atoms with Crippen molar-refractivity contribution in [2.24, 2.45) is 0 Å². The maximum absolute atomic E-state index is 11.5. The number of piperidine rings is 1. The fraction of sp³-hybridized carbons (Fsp3) is 0.227. The van der Waals surface area contributed by atoms with Crippen LogP contribution in [0.1, 0.15) is 18.9 Å². The molecule has 5 rings (SSSR count). The zero-order valence-corrected chi connectivity index (χ0v) is 17.9. The first-order chi connectivity index (χ1) is 15.6. The Morgan fingerprint density at radius 1 is 1.06 bits per heavy atom. The normalized spacial score (nSPS) is 18.0. The third-order valence-corrected chi connectivity index (χ3v) is 6.29. The first-order valence-electron chi connectivity index (χ1n) is 10.3. The minimum absolute atomic E-state index is 0.132. The van der Waals surface area contributed by atoms with Crippen LogP contribution in [0.25, 0.3) is 22.3 Å². The highest BCUT2D eigenvalue weighted by molar-refractivity contribution is 7.76. The molecule has 1 fully saturated rings. The lowest BCUT2D eigenvalue weighted by atomic mass is 10.1. The Hall–Kier alpha value is -3.34. The number of nitrogen functional groups attached to an aromatic ring is 1. The van der Waals surface area contributed by atoms with Gasteiger partial charge in [-0.15, -0.1) is 0 Å². The molecule has 0 radical (unpaired) electrons. The van der Waals surface area contributed by atoms with Crippen molar-refractivity contribution >= 4 is 28.1 Å². The molecule has 0 aliphatic carbocycles. The van der Waals surface area contributed by atoms with Crippen LogP contribution < -0.4 is 10.5 Å². The summed E-state index contributed by atoms with van der Waals surface area (Å²) in [6.07, 6.45) is 2.96. The molecule has 164 valence electrons. The Kier molecular flexibility index (Phi) is 5.56. The molecule has 2 aromatic carbocycles. The minimum atomic E-state index is -2.26. The lowest BCUT2D eigenvalue weighted by Crippen LogP contribution is -2.38. The summed E-state index contributed by atoms with van der Waals surface area (Å²) < 4.78 is 32.0. The topological polar surface area (TPSA) is 122 Å². The standard InChI is InChI=1S/C22H22N6O3S/c23-21-19-20(15-8-10-18(11-9-15)31-17-6-2-1-3-7-17)26-28(22(19)25-14-24-21)16-5-4-12-27(13-16)32(29)30/h1-3,6-11,14,16H,4-5,12-13H2,(H,29,30)(H2,23,24,25)/p-1. The van der Waals surface area contributed by atoms with Gasteiger partial charge in [0.2, 0.25) is 0 Å². The second-order valence-electron chi connectivity index (χ2n) is 7.59. The highest BCUT2D eigenvalue weighted by atomic mass is 32.2. The molecule has 0 amide bonds. The van der Waals surface area contributed by atoms with Gasteiger partial charge in [0, 0.05) is 29.9 Å². The summed E-state index contributed by atoms with van der Waals surface area (Å²) in [6, 6.07) is 17.0. The average molecular weight is 450 g/mol. The first-order valence-corrected chi connectivity index (χ1v) is 11.3. The number of ether oxygens (including phenoxy) is 1. The van der Waals surface area contributed by atoms with Crippen LogP contribution in [0.15, 0.2) is 60.9 Å². The van der Waals surface area contributed by atoms with E-state index in [1.165, 1.54) is 10.6 Å². The molecular formula is C22H21N6O3S-. The molecule has 0 saturated carbocycles. The van der Waals surface area contributed by atoms with E-state index in [2.05, 4.69) is 9.97 Å². The number of nitrogens with zero attached hydrogens (tertiary/aromatic N) is 5. The number of hydrogen-bond donors (Lipinski definition) is 1. The van der Waals surface area contributed by atoms with Crippen LogP contribution in [0.2, 0.25) is 0 Å². The van der Waals surface area contributed by atoms with Gasteiger partial charge in [0.25, 0.3) is 0 Å². The van der Waals surface area contributed by atoms with Crippen molar-refractivity contribution in [3.8, 4) is 22.8 Å². The zero-order chi connectivity index (χ0) is 22.1. The van der Waals surface area contributed by atoms with Crippen molar-refractivity contribution in [1.82, 2.24) is 24.1 Å². The summed E-state index contributed by atoms with van der Waals surface area (Å²) in [6.45, 7) is 0.860. The second-order valence-corrected chi connectivity index (χ2v) is 8.54. The van der Waals surface area contributed by atoms with Gasteiger partial charge in [-0.05, 0) is 49.2 Å². The molecule has 1 saturated heterocycles. The monoisotopic (exact) mass is 449 g/mol. The number of para-hydroxylation sites is 1. The van der Waals surface area contributed by atoms with Crippen molar-refractivity contribution in [2.75, 3.05) is 18.8 Å². The quantitative estimate of drug-likeness (QED) is 0.464. The van der Waals surface area contributed by atoms with E-state index in [0.717, 1.165) is 24.2 Å². The molecule has 0 bridgehead atoms. The zero-order valence-electron chi connectivity index (χ0n) is 17.1. The Labute approximate surface area is 187 Å². The summed E-state index contributed by atoms with van der Waals surface area (Å²) in [7, 11) is 0. The largest absolute Gasteiger partial charge is 0.760 e. The molecule has 9 nitrogen and oxygen atoms in total. The summed E-state index contributed by atoms with van der Waals surface area (Å²) >= 11 is -2.26. The van der Waals surface area contributed by atoms with Crippen LogP contribution in [0.3, 0.4) is 0 Å². The summed E-state index contributed by atoms with van der Waals surface area (Å²) in [5, 5.41) is 5.47. The summed E-state index contributed by atoms with van der Waals surface area (Å²) in [5.41, 5.74) is 8.30. The molecule has 10 heteroatoms. The van der Waals surface area contributed by atoms with E-state index < -0.39 is 11.3 Å². The van der Waals surface area contributed by atoms with Crippen LogP contribution in [0.4, 0.5) is 5.82 Å². The Morgan fingerprint density at radius 3 is 2.56 bits per heavy atom. The third-order valence-electron chi connectivity index (χ3n) is 5.54. The van der Waals surface area contributed by atoms with Crippen molar-refractivity contribution in [1.29, 1.82) is 0 Å². The van der Waals surface area contributed by atoms with Gasteiger partial charge >= 0.3 is 0 Å². The van der Waals surface area contributed by atoms with Gasteiger partial charge in [-0.1, -0.05) is 18.2 Å². The number of benzene rings is 2. The summed E-state index contributed by atoms with van der Waals surface area (Å²) in [5.74, 6) is 1.79. The van der Waals surface area contributed by atoms with Crippen molar-refractivity contribution < 1.29 is 13.5 Å². The Balaban J connectivity index is 1.51. The van der Waals surface area contributed by atoms with E-state index in [1.807, 2.05) is 54.6 Å². The molecule has 1 aliphatic heterocycles. The van der Waals surface area contributed by atoms with E-state index in [0.29, 0.717) is 41.4 Å². The van der Waals surface area contributed by atoms with E-state index in [9.17, 15) is 8.76 Å². The molecule has 2 N–H and O–H groups in total. The van der Waals surface area contributed by atoms with Crippen LogP contribution in [-0.4, -0.2) is 45.9 Å². The predicted molar refractivity (Wildman–Crippen MR) is 120 cm³/mol. The maximum atomic E-state index is 11.5. The molecule has 2 aromatic heterocycles. The van der Waals surface area contributed by atoms with Crippen LogP contribution in [0.5, 0.6) is 11.5 Å². The number of fused-ring (bicyclic) bond motifs is 1. The molecule has 2 unspecified atom stereocenters. The van der Waals surface area contributed by atoms with Gasteiger partial charge in [0.15, 0.2) is 5.65 Å². The molecule has 2 atom stereocenters. The van der Waals surface area contributed by atoms with E-state index in [4.69, 9.17) is 15.6 Å². The maximum Gasteiger partial charge on any atom is 0.164 e. The highest BCUT2D eigenvalue weighted by Crippen LogP contribution is 2.34. The third kappa shape index (κ3) is 3.95. The minimum Gasteiger partial charge on any atom is -0.760 e. The molecule has 1 aliphatic rings.